The Morgan fingerprint density at radius 1 is 0.947 bits per heavy atom. The van der Waals surface area contributed by atoms with Crippen LogP contribution >= 0.6 is 0 Å². The number of nitrogens with one attached hydrogen (secondary N) is 1. The molecule has 0 atom stereocenters. The first-order chi connectivity index (χ1) is 8.95. The number of carboxylic acids is 1. The van der Waals surface area contributed by atoms with Gasteiger partial charge in [-0.15, -0.1) is 0 Å². The molecule has 98 valence electrons. The van der Waals surface area contributed by atoms with Crippen molar-refractivity contribution < 1.29 is 23.1 Å². The second-order valence-corrected chi connectivity index (χ2v) is 3.78. The molecule has 0 spiro atoms. The van der Waals surface area contributed by atoms with E-state index in [4.69, 9.17) is 5.11 Å². The summed E-state index contributed by atoms with van der Waals surface area (Å²) in [4.78, 5) is 10.9. The fourth-order valence-corrected chi connectivity index (χ4v) is 1.58. The van der Waals surface area contributed by atoms with Crippen molar-refractivity contribution in [1.82, 2.24) is 0 Å². The maximum Gasteiger partial charge on any atom is 0.337 e. The molecule has 2 aromatic rings. The van der Waals surface area contributed by atoms with Crippen LogP contribution in [0.25, 0.3) is 0 Å². The van der Waals surface area contributed by atoms with E-state index in [9.17, 15) is 18.0 Å². The first-order valence-corrected chi connectivity index (χ1v) is 5.21. The third-order valence-electron chi connectivity index (χ3n) is 2.35. The Labute approximate surface area is 106 Å². The molecule has 0 unspecified atom stereocenters. The Kier molecular flexibility index (Phi) is 3.41. The van der Waals surface area contributed by atoms with Crippen LogP contribution in [0.1, 0.15) is 10.4 Å². The molecule has 3 nitrogen and oxygen atoms in total. The van der Waals surface area contributed by atoms with Crippen LogP contribution in [0.4, 0.5) is 24.5 Å². The second kappa shape index (κ2) is 5.01. The lowest BCUT2D eigenvalue weighted by atomic mass is 10.1. The van der Waals surface area contributed by atoms with Gasteiger partial charge in [0, 0.05) is 11.8 Å². The minimum Gasteiger partial charge on any atom is -0.478 e. The van der Waals surface area contributed by atoms with Gasteiger partial charge < -0.3 is 10.4 Å². The van der Waals surface area contributed by atoms with E-state index in [1.807, 2.05) is 0 Å². The first kappa shape index (κ1) is 12.9. The maximum absolute atomic E-state index is 13.0. The molecule has 2 rings (SSSR count). The van der Waals surface area contributed by atoms with Crippen molar-refractivity contribution in [3.63, 3.8) is 0 Å². The fraction of sp³-hybridized carbons (Fsp3) is 0. The number of hydrogen-bond donors (Lipinski definition) is 2. The van der Waals surface area contributed by atoms with Gasteiger partial charge in [0.15, 0.2) is 0 Å². The van der Waals surface area contributed by atoms with Crippen LogP contribution in [-0.4, -0.2) is 11.1 Å². The van der Waals surface area contributed by atoms with E-state index in [1.165, 1.54) is 6.07 Å². The standard InChI is InChI=1S/C13H8F3NO2/c14-7-1-2-12(11(6-7)13(18)19)17-10-4-8(15)3-9(16)5-10/h1-6,17H,(H,18,19). The van der Waals surface area contributed by atoms with Crippen LogP contribution < -0.4 is 5.32 Å². The Balaban J connectivity index is 2.40. The van der Waals surface area contributed by atoms with Gasteiger partial charge in [-0.25, -0.2) is 18.0 Å². The van der Waals surface area contributed by atoms with Gasteiger partial charge in [0.2, 0.25) is 0 Å². The highest BCUT2D eigenvalue weighted by atomic mass is 19.1. The van der Waals surface area contributed by atoms with E-state index in [0.29, 0.717) is 6.07 Å². The number of halogens is 3. The zero-order chi connectivity index (χ0) is 14.0. The number of rotatable bonds is 3. The van der Waals surface area contributed by atoms with Gasteiger partial charge in [0.25, 0.3) is 0 Å². The average molecular weight is 267 g/mol. The minimum absolute atomic E-state index is 0.0339. The number of carboxylic acid groups (broad SMARTS) is 1. The summed E-state index contributed by atoms with van der Waals surface area (Å²) >= 11 is 0. The van der Waals surface area contributed by atoms with E-state index in [1.54, 1.807) is 0 Å². The molecule has 0 radical (unpaired) electrons. The van der Waals surface area contributed by atoms with Gasteiger partial charge in [0.05, 0.1) is 11.3 Å². The molecule has 0 saturated heterocycles. The largest absolute Gasteiger partial charge is 0.478 e. The SMILES string of the molecule is O=C(O)c1cc(F)ccc1Nc1cc(F)cc(F)c1. The highest BCUT2D eigenvalue weighted by Gasteiger charge is 2.12. The highest BCUT2D eigenvalue weighted by Crippen LogP contribution is 2.23. The maximum atomic E-state index is 13.0. The lowest BCUT2D eigenvalue weighted by Gasteiger charge is -2.10. The molecule has 0 bridgehead atoms. The minimum atomic E-state index is -1.35. The lowest BCUT2D eigenvalue weighted by Crippen LogP contribution is -2.03. The zero-order valence-electron chi connectivity index (χ0n) is 9.45. The number of aromatic carboxylic acids is 1. The summed E-state index contributed by atoms with van der Waals surface area (Å²) in [5.74, 6) is -3.67. The fourth-order valence-electron chi connectivity index (χ4n) is 1.58. The molecule has 2 N–H and O–H groups in total. The highest BCUT2D eigenvalue weighted by molar-refractivity contribution is 5.95. The zero-order valence-corrected chi connectivity index (χ0v) is 9.45. The van der Waals surface area contributed by atoms with Gasteiger partial charge >= 0.3 is 5.97 Å². The lowest BCUT2D eigenvalue weighted by molar-refractivity contribution is 0.0697. The molecule has 0 amide bonds. The van der Waals surface area contributed by atoms with Crippen LogP contribution in [-0.2, 0) is 0 Å². The van der Waals surface area contributed by atoms with Crippen LogP contribution in [0.15, 0.2) is 36.4 Å². The van der Waals surface area contributed by atoms with Gasteiger partial charge in [-0.1, -0.05) is 0 Å². The summed E-state index contributed by atoms with van der Waals surface area (Å²) in [6, 6.07) is 5.73. The molecular formula is C13H8F3NO2. The molecule has 0 saturated carbocycles. The van der Waals surface area contributed by atoms with Crippen LogP contribution in [0.2, 0.25) is 0 Å². The first-order valence-electron chi connectivity index (χ1n) is 5.21. The van der Waals surface area contributed by atoms with Crippen LogP contribution in [0.5, 0.6) is 0 Å². The van der Waals surface area contributed by atoms with Crippen molar-refractivity contribution in [2.24, 2.45) is 0 Å². The van der Waals surface area contributed by atoms with Crippen molar-refractivity contribution in [1.29, 1.82) is 0 Å². The average Bonchev–Trinajstić information content (AvgIpc) is 2.30. The number of hydrogen-bond acceptors (Lipinski definition) is 2. The van der Waals surface area contributed by atoms with Gasteiger partial charge in [-0.2, -0.15) is 0 Å². The number of carbonyl (C=O) groups is 1. The molecule has 0 aliphatic carbocycles. The molecular weight excluding hydrogens is 259 g/mol. The molecule has 6 heteroatoms. The van der Waals surface area contributed by atoms with Crippen molar-refractivity contribution in [3.05, 3.63) is 59.4 Å². The molecule has 0 aliphatic rings. The summed E-state index contributed by atoms with van der Waals surface area (Å²) in [6.07, 6.45) is 0. The van der Waals surface area contributed by atoms with Gasteiger partial charge in [-0.3, -0.25) is 0 Å². The van der Waals surface area contributed by atoms with Crippen molar-refractivity contribution in [2.45, 2.75) is 0 Å². The molecule has 0 aliphatic heterocycles. The predicted octanol–water partition coefficient (Wildman–Crippen LogP) is 3.55. The number of benzene rings is 2. The summed E-state index contributed by atoms with van der Waals surface area (Å²) in [7, 11) is 0. The van der Waals surface area contributed by atoms with Gasteiger partial charge in [0.1, 0.15) is 17.5 Å². The van der Waals surface area contributed by atoms with E-state index in [0.717, 1.165) is 24.3 Å². The molecule has 0 aromatic heterocycles. The summed E-state index contributed by atoms with van der Waals surface area (Å²) < 4.78 is 39.0. The smallest absolute Gasteiger partial charge is 0.337 e. The van der Waals surface area contributed by atoms with E-state index in [-0.39, 0.29) is 16.9 Å². The van der Waals surface area contributed by atoms with Gasteiger partial charge in [-0.05, 0) is 30.3 Å². The van der Waals surface area contributed by atoms with Crippen molar-refractivity contribution in [2.75, 3.05) is 5.32 Å². The Morgan fingerprint density at radius 2 is 1.58 bits per heavy atom. The van der Waals surface area contributed by atoms with E-state index in [2.05, 4.69) is 5.32 Å². The topological polar surface area (TPSA) is 49.3 Å². The van der Waals surface area contributed by atoms with Crippen molar-refractivity contribution in [3.8, 4) is 0 Å². The predicted molar refractivity (Wildman–Crippen MR) is 63.0 cm³/mol. The molecule has 0 fully saturated rings. The van der Waals surface area contributed by atoms with E-state index >= 15 is 0 Å². The second-order valence-electron chi connectivity index (χ2n) is 3.78. The van der Waals surface area contributed by atoms with Crippen LogP contribution in [0, 0.1) is 17.5 Å². The third kappa shape index (κ3) is 3.04. The summed E-state index contributed by atoms with van der Waals surface area (Å²) in [6.45, 7) is 0. The molecule has 2 aromatic carbocycles. The number of anilines is 2. The Hall–Kier alpha value is -2.50. The van der Waals surface area contributed by atoms with Crippen molar-refractivity contribution >= 4 is 17.3 Å². The Morgan fingerprint density at radius 3 is 2.16 bits per heavy atom. The summed E-state index contributed by atoms with van der Waals surface area (Å²) in [5.41, 5.74) is -0.254. The van der Waals surface area contributed by atoms with E-state index < -0.39 is 23.4 Å². The third-order valence-corrected chi connectivity index (χ3v) is 2.35. The quantitative estimate of drug-likeness (QED) is 0.894. The summed E-state index contributed by atoms with van der Waals surface area (Å²) in [5, 5.41) is 11.5. The molecule has 19 heavy (non-hydrogen) atoms. The normalized spacial score (nSPS) is 10.3. The molecule has 0 heterocycles. The van der Waals surface area contributed by atoms with Crippen LogP contribution in [0.3, 0.4) is 0 Å². The monoisotopic (exact) mass is 267 g/mol. The Bertz CT molecular complexity index is 624.